The quantitative estimate of drug-likeness (QED) is 0.539. The standard InChI is InChI=1S/C20H20N4O4/c1-23-20(25)16-7-3-2-6-15(16)19(22-23)13-8-9-17(18(11-13)24(26)27)21-12-14-5-4-10-28-14/h2-3,6-9,11,14,21H,4-5,10,12H2,1H3/t14-/m1/s1. The zero-order chi connectivity index (χ0) is 19.7. The molecule has 1 aliphatic heterocycles. The van der Waals surface area contributed by atoms with Crippen LogP contribution in [-0.2, 0) is 11.8 Å². The summed E-state index contributed by atoms with van der Waals surface area (Å²) in [7, 11) is 1.57. The van der Waals surface area contributed by atoms with Crippen LogP contribution < -0.4 is 10.9 Å². The molecule has 0 spiro atoms. The normalized spacial score (nSPS) is 16.4. The van der Waals surface area contributed by atoms with Crippen LogP contribution >= 0.6 is 0 Å². The van der Waals surface area contributed by atoms with Crippen LogP contribution in [0.1, 0.15) is 12.8 Å². The van der Waals surface area contributed by atoms with Crippen molar-refractivity contribution in [1.29, 1.82) is 0 Å². The molecule has 0 amide bonds. The Hall–Kier alpha value is -3.26. The minimum Gasteiger partial charge on any atom is -0.377 e. The van der Waals surface area contributed by atoms with E-state index in [4.69, 9.17) is 4.74 Å². The maximum Gasteiger partial charge on any atom is 0.292 e. The molecule has 0 unspecified atom stereocenters. The highest BCUT2D eigenvalue weighted by molar-refractivity contribution is 5.94. The maximum atomic E-state index is 12.3. The van der Waals surface area contributed by atoms with Gasteiger partial charge in [0.2, 0.25) is 0 Å². The molecule has 0 saturated carbocycles. The number of nitro benzene ring substituents is 1. The summed E-state index contributed by atoms with van der Waals surface area (Å²) in [6.07, 6.45) is 2.04. The van der Waals surface area contributed by atoms with E-state index in [1.807, 2.05) is 6.07 Å². The van der Waals surface area contributed by atoms with Gasteiger partial charge in [-0.1, -0.05) is 24.3 Å². The third-order valence-corrected chi connectivity index (χ3v) is 4.97. The second-order valence-electron chi connectivity index (χ2n) is 6.83. The Morgan fingerprint density at radius 1 is 1.29 bits per heavy atom. The summed E-state index contributed by atoms with van der Waals surface area (Å²) in [4.78, 5) is 23.6. The summed E-state index contributed by atoms with van der Waals surface area (Å²) in [5.41, 5.74) is 1.32. The largest absolute Gasteiger partial charge is 0.377 e. The molecule has 1 atom stereocenters. The lowest BCUT2D eigenvalue weighted by molar-refractivity contribution is -0.383. The number of nitrogens with one attached hydrogen (secondary N) is 1. The second kappa shape index (κ2) is 7.40. The number of nitrogens with zero attached hydrogens (tertiary/aromatic N) is 3. The fourth-order valence-electron chi connectivity index (χ4n) is 3.52. The molecule has 28 heavy (non-hydrogen) atoms. The van der Waals surface area contributed by atoms with Gasteiger partial charge in [-0.25, -0.2) is 4.68 Å². The predicted octanol–water partition coefficient (Wildman–Crippen LogP) is 3.10. The van der Waals surface area contributed by atoms with E-state index in [0.29, 0.717) is 34.3 Å². The first kappa shape index (κ1) is 18.1. The first-order valence-electron chi connectivity index (χ1n) is 9.15. The second-order valence-corrected chi connectivity index (χ2v) is 6.83. The van der Waals surface area contributed by atoms with Crippen LogP contribution in [0.5, 0.6) is 0 Å². The van der Waals surface area contributed by atoms with Gasteiger partial charge in [0.1, 0.15) is 5.69 Å². The molecule has 2 aromatic carbocycles. The van der Waals surface area contributed by atoms with Crippen molar-refractivity contribution >= 4 is 22.1 Å². The number of benzene rings is 2. The van der Waals surface area contributed by atoms with Gasteiger partial charge in [-0.05, 0) is 25.0 Å². The van der Waals surface area contributed by atoms with E-state index in [-0.39, 0.29) is 17.4 Å². The van der Waals surface area contributed by atoms with Crippen LogP contribution in [0.2, 0.25) is 0 Å². The Labute approximate surface area is 160 Å². The molecule has 4 rings (SSSR count). The average Bonchev–Trinajstić information content (AvgIpc) is 3.23. The topological polar surface area (TPSA) is 99.3 Å². The van der Waals surface area contributed by atoms with Crippen LogP contribution in [0.4, 0.5) is 11.4 Å². The van der Waals surface area contributed by atoms with Crippen LogP contribution in [-0.4, -0.2) is 34.0 Å². The first-order chi connectivity index (χ1) is 13.5. The molecule has 0 bridgehead atoms. The molecule has 1 fully saturated rings. The number of aromatic nitrogens is 2. The van der Waals surface area contributed by atoms with Gasteiger partial charge in [-0.3, -0.25) is 14.9 Å². The minimum atomic E-state index is -0.411. The summed E-state index contributed by atoms with van der Waals surface area (Å²) in [5.74, 6) is 0. The number of nitro groups is 1. The summed E-state index contributed by atoms with van der Waals surface area (Å²) in [5, 5.41) is 20.3. The lowest BCUT2D eigenvalue weighted by atomic mass is 10.0. The Bertz CT molecular complexity index is 1100. The van der Waals surface area contributed by atoms with Gasteiger partial charge in [-0.15, -0.1) is 0 Å². The van der Waals surface area contributed by atoms with Crippen molar-refractivity contribution in [1.82, 2.24) is 9.78 Å². The molecule has 1 N–H and O–H groups in total. The van der Waals surface area contributed by atoms with Crippen LogP contribution in [0, 0.1) is 10.1 Å². The van der Waals surface area contributed by atoms with Gasteiger partial charge >= 0.3 is 0 Å². The molecule has 1 aromatic heterocycles. The summed E-state index contributed by atoms with van der Waals surface area (Å²) in [6.45, 7) is 1.26. The van der Waals surface area contributed by atoms with Crippen molar-refractivity contribution in [2.45, 2.75) is 18.9 Å². The van der Waals surface area contributed by atoms with Crippen molar-refractivity contribution in [3.63, 3.8) is 0 Å². The molecule has 0 aliphatic carbocycles. The molecule has 1 saturated heterocycles. The highest BCUT2D eigenvalue weighted by atomic mass is 16.6. The fourth-order valence-corrected chi connectivity index (χ4v) is 3.52. The Kier molecular flexibility index (Phi) is 4.79. The zero-order valence-corrected chi connectivity index (χ0v) is 15.4. The van der Waals surface area contributed by atoms with E-state index in [2.05, 4.69) is 10.4 Å². The molecular weight excluding hydrogens is 360 g/mol. The van der Waals surface area contributed by atoms with Crippen molar-refractivity contribution < 1.29 is 9.66 Å². The Morgan fingerprint density at radius 2 is 2.07 bits per heavy atom. The molecular formula is C20H20N4O4. The summed E-state index contributed by atoms with van der Waals surface area (Å²) >= 11 is 0. The van der Waals surface area contributed by atoms with Gasteiger partial charge in [0.05, 0.1) is 22.1 Å². The number of rotatable bonds is 5. The Balaban J connectivity index is 1.76. The number of hydrogen-bond donors (Lipinski definition) is 1. The Morgan fingerprint density at radius 3 is 2.79 bits per heavy atom. The van der Waals surface area contributed by atoms with Gasteiger partial charge < -0.3 is 10.1 Å². The van der Waals surface area contributed by atoms with Crippen LogP contribution in [0.3, 0.4) is 0 Å². The highest BCUT2D eigenvalue weighted by Crippen LogP contribution is 2.32. The van der Waals surface area contributed by atoms with Gasteiger partial charge in [0.25, 0.3) is 11.2 Å². The molecule has 3 aromatic rings. The molecule has 144 valence electrons. The third-order valence-electron chi connectivity index (χ3n) is 4.97. The molecule has 8 nitrogen and oxygen atoms in total. The molecule has 2 heterocycles. The van der Waals surface area contributed by atoms with Crippen molar-refractivity contribution in [2.75, 3.05) is 18.5 Å². The molecule has 1 aliphatic rings. The van der Waals surface area contributed by atoms with E-state index in [1.54, 1.807) is 37.4 Å². The van der Waals surface area contributed by atoms with Crippen molar-refractivity contribution in [3.8, 4) is 11.3 Å². The van der Waals surface area contributed by atoms with Gasteiger partial charge in [0, 0.05) is 37.2 Å². The van der Waals surface area contributed by atoms with E-state index < -0.39 is 4.92 Å². The van der Waals surface area contributed by atoms with E-state index in [0.717, 1.165) is 19.4 Å². The maximum absolute atomic E-state index is 12.3. The van der Waals surface area contributed by atoms with E-state index in [9.17, 15) is 14.9 Å². The molecule has 0 radical (unpaired) electrons. The number of ether oxygens (including phenoxy) is 1. The first-order valence-corrected chi connectivity index (χ1v) is 9.15. The van der Waals surface area contributed by atoms with Crippen molar-refractivity contribution in [3.05, 3.63) is 62.9 Å². The van der Waals surface area contributed by atoms with E-state index in [1.165, 1.54) is 10.7 Å². The SMILES string of the molecule is Cn1nc(-c2ccc(NC[C@H]3CCCO3)c([N+](=O)[O-])c2)c2ccccc2c1=O. The lowest BCUT2D eigenvalue weighted by Crippen LogP contribution is -2.20. The summed E-state index contributed by atoms with van der Waals surface area (Å²) in [6, 6.07) is 12.1. The van der Waals surface area contributed by atoms with Crippen molar-refractivity contribution in [2.24, 2.45) is 7.05 Å². The highest BCUT2D eigenvalue weighted by Gasteiger charge is 2.20. The predicted molar refractivity (Wildman–Crippen MR) is 107 cm³/mol. The minimum absolute atomic E-state index is 0.0322. The fraction of sp³-hybridized carbons (Fsp3) is 0.300. The van der Waals surface area contributed by atoms with E-state index >= 15 is 0 Å². The van der Waals surface area contributed by atoms with Gasteiger partial charge in [-0.2, -0.15) is 5.10 Å². The van der Waals surface area contributed by atoms with Crippen LogP contribution in [0.25, 0.3) is 22.0 Å². The number of fused-ring (bicyclic) bond motifs is 1. The average molecular weight is 380 g/mol. The monoisotopic (exact) mass is 380 g/mol. The number of hydrogen-bond acceptors (Lipinski definition) is 6. The zero-order valence-electron chi connectivity index (χ0n) is 15.4. The lowest BCUT2D eigenvalue weighted by Gasteiger charge is -2.13. The van der Waals surface area contributed by atoms with Gasteiger partial charge in [0.15, 0.2) is 0 Å². The number of aryl methyl sites for hydroxylation is 1. The summed E-state index contributed by atoms with van der Waals surface area (Å²) < 4.78 is 6.82. The van der Waals surface area contributed by atoms with Crippen LogP contribution in [0.15, 0.2) is 47.3 Å². The molecule has 8 heteroatoms. The smallest absolute Gasteiger partial charge is 0.292 e. The third kappa shape index (κ3) is 3.34. The number of anilines is 1.